The molecule has 1 aromatic carbocycles. The molecule has 3 aromatic rings. The van der Waals surface area contributed by atoms with Crippen molar-refractivity contribution in [1.82, 2.24) is 19.9 Å². The summed E-state index contributed by atoms with van der Waals surface area (Å²) >= 11 is 1.33. The summed E-state index contributed by atoms with van der Waals surface area (Å²) in [5.74, 6) is -0.723. The first-order valence-corrected chi connectivity index (χ1v) is 9.67. The van der Waals surface area contributed by atoms with E-state index in [9.17, 15) is 14.4 Å². The summed E-state index contributed by atoms with van der Waals surface area (Å²) in [5.41, 5.74) is 1.59. The number of carbonyl (C=O) groups is 2. The van der Waals surface area contributed by atoms with Gasteiger partial charge < -0.3 is 10.1 Å². The zero-order chi connectivity index (χ0) is 20.1. The summed E-state index contributed by atoms with van der Waals surface area (Å²) in [6.45, 7) is 3.91. The third-order valence-corrected chi connectivity index (χ3v) is 4.97. The van der Waals surface area contributed by atoms with Crippen LogP contribution in [-0.2, 0) is 22.6 Å². The normalized spacial score (nSPS) is 10.8. The summed E-state index contributed by atoms with van der Waals surface area (Å²) in [6, 6.07) is 8.50. The summed E-state index contributed by atoms with van der Waals surface area (Å²) < 4.78 is 6.40. The Balaban J connectivity index is 1.50. The fourth-order valence-electron chi connectivity index (χ4n) is 2.51. The topological polar surface area (TPSA) is 103 Å². The molecule has 28 heavy (non-hydrogen) atoms. The quantitative estimate of drug-likeness (QED) is 0.608. The molecule has 0 aliphatic carbocycles. The number of aryl methyl sites for hydroxylation is 2. The zero-order valence-corrected chi connectivity index (χ0v) is 16.4. The van der Waals surface area contributed by atoms with Crippen LogP contribution in [0.3, 0.4) is 0 Å². The largest absolute Gasteiger partial charge is 0.459 e. The van der Waals surface area contributed by atoms with Gasteiger partial charge in [-0.3, -0.25) is 14.4 Å². The molecule has 2 aromatic heterocycles. The number of carbonyl (C=O) groups excluding carboxylic acids is 2. The minimum absolute atomic E-state index is 0.0271. The molecule has 1 amide bonds. The van der Waals surface area contributed by atoms with E-state index in [4.69, 9.17) is 4.74 Å². The predicted octanol–water partition coefficient (Wildman–Crippen LogP) is 1.89. The van der Waals surface area contributed by atoms with Crippen molar-refractivity contribution in [3.8, 4) is 0 Å². The highest BCUT2D eigenvalue weighted by Crippen LogP contribution is 2.12. The molecule has 0 aliphatic rings. The molecule has 0 aliphatic heterocycles. The fourth-order valence-corrected chi connectivity index (χ4v) is 3.36. The van der Waals surface area contributed by atoms with Crippen molar-refractivity contribution in [2.24, 2.45) is 0 Å². The van der Waals surface area contributed by atoms with Gasteiger partial charge in [0.15, 0.2) is 0 Å². The highest BCUT2D eigenvalue weighted by atomic mass is 32.1. The van der Waals surface area contributed by atoms with Gasteiger partial charge in [-0.15, -0.1) is 0 Å². The van der Waals surface area contributed by atoms with Crippen LogP contribution in [0, 0.1) is 6.92 Å². The van der Waals surface area contributed by atoms with Gasteiger partial charge in [0.05, 0.1) is 12.1 Å². The number of aromatic nitrogens is 3. The lowest BCUT2D eigenvalue weighted by Crippen LogP contribution is -2.26. The van der Waals surface area contributed by atoms with Crippen LogP contribution in [0.25, 0.3) is 4.96 Å². The molecule has 9 heteroatoms. The van der Waals surface area contributed by atoms with E-state index in [1.807, 2.05) is 19.9 Å². The highest BCUT2D eigenvalue weighted by molar-refractivity contribution is 7.16. The molecule has 0 unspecified atom stereocenters. The summed E-state index contributed by atoms with van der Waals surface area (Å²) in [5, 5.41) is 7.66. The SMILES string of the molecule is CCc1nn2c(=O)cc(COC(=O)CCNC(=O)c3cccc(C)c3)nc2s1. The number of fused-ring (bicyclic) bond motifs is 1. The number of nitrogens with zero attached hydrogens (tertiary/aromatic N) is 3. The maximum Gasteiger partial charge on any atom is 0.307 e. The van der Waals surface area contributed by atoms with Crippen molar-refractivity contribution in [2.45, 2.75) is 33.3 Å². The predicted molar refractivity (Wildman–Crippen MR) is 104 cm³/mol. The number of rotatable bonds is 7. The molecule has 146 valence electrons. The Morgan fingerprint density at radius 2 is 2.11 bits per heavy atom. The second kappa shape index (κ2) is 8.75. The Hall–Kier alpha value is -3.07. The van der Waals surface area contributed by atoms with E-state index in [2.05, 4.69) is 15.4 Å². The molecule has 3 rings (SSSR count). The second-order valence-corrected chi connectivity index (χ2v) is 7.21. The first kappa shape index (κ1) is 19.7. The molecule has 0 saturated carbocycles. The monoisotopic (exact) mass is 400 g/mol. The number of hydrogen-bond donors (Lipinski definition) is 1. The lowest BCUT2D eigenvalue weighted by Gasteiger charge is -2.07. The number of benzene rings is 1. The highest BCUT2D eigenvalue weighted by Gasteiger charge is 2.11. The van der Waals surface area contributed by atoms with Crippen molar-refractivity contribution in [3.05, 3.63) is 62.5 Å². The van der Waals surface area contributed by atoms with Crippen LogP contribution in [-0.4, -0.2) is 33.0 Å². The van der Waals surface area contributed by atoms with Crippen molar-refractivity contribution in [1.29, 1.82) is 0 Å². The molecule has 2 heterocycles. The van der Waals surface area contributed by atoms with E-state index >= 15 is 0 Å². The molecule has 8 nitrogen and oxygen atoms in total. The molecule has 0 saturated heterocycles. The first-order valence-electron chi connectivity index (χ1n) is 8.85. The minimum Gasteiger partial charge on any atom is -0.459 e. The van der Waals surface area contributed by atoms with Crippen molar-refractivity contribution >= 4 is 28.2 Å². The van der Waals surface area contributed by atoms with Gasteiger partial charge in [0.25, 0.3) is 11.5 Å². The van der Waals surface area contributed by atoms with Gasteiger partial charge >= 0.3 is 5.97 Å². The van der Waals surface area contributed by atoms with Gasteiger partial charge in [0, 0.05) is 18.2 Å². The lowest BCUT2D eigenvalue weighted by atomic mass is 10.1. The molecule has 0 atom stereocenters. The Morgan fingerprint density at radius 3 is 2.86 bits per heavy atom. The number of amides is 1. The van der Waals surface area contributed by atoms with Gasteiger partial charge in [-0.2, -0.15) is 9.61 Å². The van der Waals surface area contributed by atoms with Gasteiger partial charge in [-0.05, 0) is 25.5 Å². The van der Waals surface area contributed by atoms with Crippen LogP contribution in [0.5, 0.6) is 0 Å². The lowest BCUT2D eigenvalue weighted by molar-refractivity contribution is -0.144. The summed E-state index contributed by atoms with van der Waals surface area (Å²) in [6.07, 6.45) is 0.741. The summed E-state index contributed by atoms with van der Waals surface area (Å²) in [4.78, 5) is 40.8. The molecule has 0 bridgehead atoms. The average molecular weight is 400 g/mol. The molecule has 0 radical (unpaired) electrons. The maximum atomic E-state index is 12.1. The second-order valence-electron chi connectivity index (χ2n) is 6.17. The average Bonchev–Trinajstić information content (AvgIpc) is 3.10. The zero-order valence-electron chi connectivity index (χ0n) is 15.6. The van der Waals surface area contributed by atoms with Crippen LogP contribution in [0.2, 0.25) is 0 Å². The Labute approximate surface area is 165 Å². The van der Waals surface area contributed by atoms with Gasteiger partial charge in [-0.1, -0.05) is 36.0 Å². The number of esters is 1. The van der Waals surface area contributed by atoms with Crippen LogP contribution >= 0.6 is 11.3 Å². The first-order chi connectivity index (χ1) is 13.5. The van der Waals surface area contributed by atoms with E-state index in [-0.39, 0.29) is 31.0 Å². The standard InChI is InChI=1S/C19H20N4O4S/c1-3-15-22-23-16(24)10-14(21-19(23)28-15)11-27-17(25)7-8-20-18(26)13-6-4-5-12(2)9-13/h4-6,9-10H,3,7-8,11H2,1-2H3,(H,20,26). The third-order valence-electron chi connectivity index (χ3n) is 3.92. The Kier molecular flexibility index (Phi) is 6.15. The van der Waals surface area contributed by atoms with Crippen LogP contribution in [0.4, 0.5) is 0 Å². The number of hydrogen-bond acceptors (Lipinski definition) is 7. The maximum absolute atomic E-state index is 12.1. The molecule has 1 N–H and O–H groups in total. The smallest absolute Gasteiger partial charge is 0.307 e. The van der Waals surface area contributed by atoms with Crippen LogP contribution in [0.15, 0.2) is 35.1 Å². The van der Waals surface area contributed by atoms with Gasteiger partial charge in [0.1, 0.15) is 11.6 Å². The van der Waals surface area contributed by atoms with Crippen molar-refractivity contribution < 1.29 is 14.3 Å². The molecule has 0 fully saturated rings. The van der Waals surface area contributed by atoms with Crippen LogP contribution in [0.1, 0.15) is 40.0 Å². The fraction of sp³-hybridized carbons (Fsp3) is 0.316. The Morgan fingerprint density at radius 1 is 1.29 bits per heavy atom. The minimum atomic E-state index is -0.481. The van der Waals surface area contributed by atoms with E-state index < -0.39 is 5.97 Å². The Bertz CT molecular complexity index is 1070. The number of ether oxygens (including phenoxy) is 1. The third kappa shape index (κ3) is 4.80. The molecular weight excluding hydrogens is 380 g/mol. The van der Waals surface area contributed by atoms with E-state index in [0.717, 1.165) is 10.6 Å². The van der Waals surface area contributed by atoms with Crippen LogP contribution < -0.4 is 10.9 Å². The molecule has 0 spiro atoms. The molecular formula is C19H20N4O4S. The summed E-state index contributed by atoms with van der Waals surface area (Å²) in [7, 11) is 0. The van der Waals surface area contributed by atoms with Gasteiger partial charge in [0.2, 0.25) is 4.96 Å². The van der Waals surface area contributed by atoms with E-state index in [1.54, 1.807) is 18.2 Å². The van der Waals surface area contributed by atoms with E-state index in [0.29, 0.717) is 22.6 Å². The van der Waals surface area contributed by atoms with E-state index in [1.165, 1.54) is 21.9 Å². The number of nitrogens with one attached hydrogen (secondary N) is 1. The van der Waals surface area contributed by atoms with Crippen molar-refractivity contribution in [3.63, 3.8) is 0 Å². The van der Waals surface area contributed by atoms with Crippen molar-refractivity contribution in [2.75, 3.05) is 6.54 Å². The van der Waals surface area contributed by atoms with Gasteiger partial charge in [-0.25, -0.2) is 4.98 Å².